The molecule has 3 N–H and O–H groups in total. The highest BCUT2D eigenvalue weighted by Crippen LogP contribution is 2.35. The van der Waals surface area contributed by atoms with Gasteiger partial charge in [0, 0.05) is 6.20 Å². The Balaban J connectivity index is 2.01. The number of nitrogens with one attached hydrogen (secondary N) is 1. The van der Waals surface area contributed by atoms with Gasteiger partial charge in [0.2, 0.25) is 0 Å². The Labute approximate surface area is 104 Å². The first-order valence-corrected chi connectivity index (χ1v) is 6.00. The fourth-order valence-electron chi connectivity index (χ4n) is 1.90. The number of nitrogens with two attached hydrogens (primary N) is 1. The normalized spacial score (nSPS) is 17.8. The number of hydrogen-bond acceptors (Lipinski definition) is 3. The molecule has 0 saturated heterocycles. The Hall–Kier alpha value is -1.14. The molecule has 100 valence electrons. The summed E-state index contributed by atoms with van der Waals surface area (Å²) >= 11 is 0. The van der Waals surface area contributed by atoms with Crippen LogP contribution >= 0.6 is 0 Å². The second kappa shape index (κ2) is 5.24. The number of alkyl halides is 3. The fourth-order valence-corrected chi connectivity index (χ4v) is 1.90. The second-order valence-corrected chi connectivity index (χ2v) is 4.71. The Kier molecular flexibility index (Phi) is 3.87. The van der Waals surface area contributed by atoms with Gasteiger partial charge in [-0.1, -0.05) is 12.8 Å². The maximum Gasteiger partial charge on any atom is 0.417 e. The predicted octanol–water partition coefficient (Wildman–Crippen LogP) is 2.80. The standard InChI is InChI=1S/C12H16F3N3/c13-12(14,15)9-4-6-10(17-7-9)11(18-16)5-3-8-1-2-8/h4,6-8,11,18H,1-3,5,16H2. The summed E-state index contributed by atoms with van der Waals surface area (Å²) in [5.74, 6) is 6.18. The van der Waals surface area contributed by atoms with E-state index in [1.807, 2.05) is 0 Å². The molecule has 1 aromatic rings. The molecule has 1 saturated carbocycles. The molecule has 0 aliphatic heterocycles. The van der Waals surface area contributed by atoms with Crippen LogP contribution < -0.4 is 11.3 Å². The van der Waals surface area contributed by atoms with E-state index in [0.29, 0.717) is 5.69 Å². The molecule has 1 heterocycles. The minimum Gasteiger partial charge on any atom is -0.271 e. The number of halogens is 3. The minimum atomic E-state index is -4.34. The van der Waals surface area contributed by atoms with Crippen LogP contribution in [0.3, 0.4) is 0 Å². The lowest BCUT2D eigenvalue weighted by Gasteiger charge is -2.15. The summed E-state index contributed by atoms with van der Waals surface area (Å²) in [6.45, 7) is 0. The van der Waals surface area contributed by atoms with Crippen LogP contribution in [-0.2, 0) is 6.18 Å². The molecule has 1 fully saturated rings. The van der Waals surface area contributed by atoms with Crippen molar-refractivity contribution < 1.29 is 13.2 Å². The number of hydrogen-bond donors (Lipinski definition) is 2. The van der Waals surface area contributed by atoms with Gasteiger partial charge < -0.3 is 0 Å². The lowest BCUT2D eigenvalue weighted by molar-refractivity contribution is -0.137. The molecule has 1 unspecified atom stereocenters. The molecule has 18 heavy (non-hydrogen) atoms. The summed E-state index contributed by atoms with van der Waals surface area (Å²) < 4.78 is 37.2. The molecule has 0 spiro atoms. The molecule has 2 rings (SSSR count). The van der Waals surface area contributed by atoms with Crippen LogP contribution in [0, 0.1) is 5.92 Å². The van der Waals surface area contributed by atoms with E-state index in [1.165, 1.54) is 18.9 Å². The predicted molar refractivity (Wildman–Crippen MR) is 61.3 cm³/mol. The third-order valence-corrected chi connectivity index (χ3v) is 3.23. The van der Waals surface area contributed by atoms with Gasteiger partial charge in [0.15, 0.2) is 0 Å². The van der Waals surface area contributed by atoms with Crippen LogP contribution in [0.5, 0.6) is 0 Å². The van der Waals surface area contributed by atoms with Crippen molar-refractivity contribution >= 4 is 0 Å². The van der Waals surface area contributed by atoms with Crippen LogP contribution in [0.15, 0.2) is 18.3 Å². The van der Waals surface area contributed by atoms with E-state index >= 15 is 0 Å². The van der Waals surface area contributed by atoms with Gasteiger partial charge in [0.1, 0.15) is 0 Å². The highest BCUT2D eigenvalue weighted by atomic mass is 19.4. The van der Waals surface area contributed by atoms with Crippen molar-refractivity contribution in [3.63, 3.8) is 0 Å². The van der Waals surface area contributed by atoms with Crippen molar-refractivity contribution in [2.75, 3.05) is 0 Å². The summed E-state index contributed by atoms with van der Waals surface area (Å²) in [5, 5.41) is 0. The average molecular weight is 259 g/mol. The van der Waals surface area contributed by atoms with E-state index < -0.39 is 11.7 Å². The van der Waals surface area contributed by atoms with Crippen LogP contribution in [0.2, 0.25) is 0 Å². The Morgan fingerprint density at radius 1 is 1.39 bits per heavy atom. The highest BCUT2D eigenvalue weighted by Gasteiger charge is 2.31. The maximum absolute atomic E-state index is 12.4. The quantitative estimate of drug-likeness (QED) is 0.631. The first-order valence-electron chi connectivity index (χ1n) is 6.00. The van der Waals surface area contributed by atoms with E-state index in [4.69, 9.17) is 5.84 Å². The van der Waals surface area contributed by atoms with Crippen molar-refractivity contribution in [3.8, 4) is 0 Å². The van der Waals surface area contributed by atoms with Crippen molar-refractivity contribution in [1.82, 2.24) is 10.4 Å². The molecule has 1 aromatic heterocycles. The third kappa shape index (κ3) is 3.43. The zero-order chi connectivity index (χ0) is 13.2. The van der Waals surface area contributed by atoms with E-state index in [1.54, 1.807) is 0 Å². The summed E-state index contributed by atoms with van der Waals surface area (Å²) in [6, 6.07) is 2.26. The molecule has 0 aromatic carbocycles. The highest BCUT2D eigenvalue weighted by molar-refractivity contribution is 5.18. The van der Waals surface area contributed by atoms with Gasteiger partial charge in [0.05, 0.1) is 17.3 Å². The monoisotopic (exact) mass is 259 g/mol. The lowest BCUT2D eigenvalue weighted by atomic mass is 10.1. The van der Waals surface area contributed by atoms with Crippen LogP contribution in [0.1, 0.15) is 43.0 Å². The Morgan fingerprint density at radius 2 is 2.11 bits per heavy atom. The van der Waals surface area contributed by atoms with Gasteiger partial charge in [-0.25, -0.2) is 0 Å². The van der Waals surface area contributed by atoms with Gasteiger partial charge >= 0.3 is 6.18 Å². The number of rotatable bonds is 5. The van der Waals surface area contributed by atoms with Gasteiger partial charge in [-0.3, -0.25) is 16.3 Å². The topological polar surface area (TPSA) is 50.9 Å². The Bertz CT molecular complexity index is 385. The molecule has 6 heteroatoms. The summed E-state index contributed by atoms with van der Waals surface area (Å²) in [6.07, 6.45) is 0.856. The molecule has 0 radical (unpaired) electrons. The minimum absolute atomic E-state index is 0.173. The average Bonchev–Trinajstić information content (AvgIpc) is 3.13. The zero-order valence-corrected chi connectivity index (χ0v) is 9.87. The lowest BCUT2D eigenvalue weighted by Crippen LogP contribution is -2.28. The summed E-state index contributed by atoms with van der Waals surface area (Å²) in [5.41, 5.74) is 2.44. The third-order valence-electron chi connectivity index (χ3n) is 3.23. The molecular weight excluding hydrogens is 243 g/mol. The second-order valence-electron chi connectivity index (χ2n) is 4.71. The van der Waals surface area contributed by atoms with E-state index in [9.17, 15) is 13.2 Å². The fraction of sp³-hybridized carbons (Fsp3) is 0.583. The molecule has 1 aliphatic carbocycles. The maximum atomic E-state index is 12.4. The Morgan fingerprint density at radius 3 is 2.56 bits per heavy atom. The first kappa shape index (κ1) is 13.3. The van der Waals surface area contributed by atoms with Gasteiger partial charge in [-0.15, -0.1) is 0 Å². The van der Waals surface area contributed by atoms with Gasteiger partial charge in [-0.2, -0.15) is 13.2 Å². The van der Waals surface area contributed by atoms with Crippen molar-refractivity contribution in [2.45, 2.75) is 37.9 Å². The van der Waals surface area contributed by atoms with E-state index in [-0.39, 0.29) is 6.04 Å². The van der Waals surface area contributed by atoms with E-state index in [2.05, 4.69) is 10.4 Å². The number of pyridine rings is 1. The number of nitrogens with zero attached hydrogens (tertiary/aromatic N) is 1. The molecule has 0 amide bonds. The first-order chi connectivity index (χ1) is 8.50. The van der Waals surface area contributed by atoms with E-state index in [0.717, 1.165) is 31.0 Å². The van der Waals surface area contributed by atoms with Crippen LogP contribution in [-0.4, -0.2) is 4.98 Å². The van der Waals surface area contributed by atoms with Gasteiger partial charge in [0.25, 0.3) is 0 Å². The van der Waals surface area contributed by atoms with Crippen molar-refractivity contribution in [2.24, 2.45) is 11.8 Å². The molecule has 1 atom stereocenters. The zero-order valence-electron chi connectivity index (χ0n) is 9.87. The number of hydrazine groups is 1. The van der Waals surface area contributed by atoms with Crippen LogP contribution in [0.25, 0.3) is 0 Å². The van der Waals surface area contributed by atoms with Crippen molar-refractivity contribution in [1.29, 1.82) is 0 Å². The molecule has 1 aliphatic rings. The molecule has 0 bridgehead atoms. The number of aromatic nitrogens is 1. The summed E-state index contributed by atoms with van der Waals surface area (Å²) in [7, 11) is 0. The SMILES string of the molecule is NNC(CCC1CC1)c1ccc(C(F)(F)F)cn1. The summed E-state index contributed by atoms with van der Waals surface area (Å²) in [4.78, 5) is 3.85. The van der Waals surface area contributed by atoms with Gasteiger partial charge in [-0.05, 0) is 30.9 Å². The molecular formula is C12H16F3N3. The largest absolute Gasteiger partial charge is 0.417 e. The van der Waals surface area contributed by atoms with Crippen molar-refractivity contribution in [3.05, 3.63) is 29.6 Å². The molecule has 3 nitrogen and oxygen atoms in total. The smallest absolute Gasteiger partial charge is 0.271 e. The van der Waals surface area contributed by atoms with Crippen LogP contribution in [0.4, 0.5) is 13.2 Å².